The predicted octanol–water partition coefficient (Wildman–Crippen LogP) is 3.68. The average Bonchev–Trinajstić information content (AvgIpc) is 2.93. The van der Waals surface area contributed by atoms with Gasteiger partial charge in [-0.15, -0.1) is 0 Å². The van der Waals surface area contributed by atoms with Crippen LogP contribution in [0.2, 0.25) is 5.02 Å². The Kier molecular flexibility index (Phi) is 2.92. The normalized spacial score (nSPS) is 35.4. The van der Waals surface area contributed by atoms with Crippen LogP contribution in [-0.4, -0.2) is 11.7 Å². The van der Waals surface area contributed by atoms with Gasteiger partial charge in [-0.25, -0.2) is 0 Å². The predicted molar refractivity (Wildman–Crippen MR) is 70.1 cm³/mol. The number of hydrogen-bond acceptors (Lipinski definition) is 1. The molecule has 0 heterocycles. The highest BCUT2D eigenvalue weighted by molar-refractivity contribution is 6.31. The Morgan fingerprint density at radius 2 is 2.12 bits per heavy atom. The summed E-state index contributed by atoms with van der Waals surface area (Å²) in [7, 11) is 0. The second-order valence-electron chi connectivity index (χ2n) is 5.87. The van der Waals surface area contributed by atoms with Gasteiger partial charge < -0.3 is 5.11 Å². The van der Waals surface area contributed by atoms with Crippen LogP contribution >= 0.6 is 11.6 Å². The van der Waals surface area contributed by atoms with E-state index in [1.165, 1.54) is 31.2 Å². The molecular formula is C15H19ClO. The fourth-order valence-corrected chi connectivity index (χ4v) is 4.25. The molecule has 2 aliphatic rings. The highest BCUT2D eigenvalue weighted by atomic mass is 35.5. The van der Waals surface area contributed by atoms with Crippen molar-refractivity contribution >= 4 is 11.6 Å². The van der Waals surface area contributed by atoms with Gasteiger partial charge in [-0.3, -0.25) is 0 Å². The van der Waals surface area contributed by atoms with Gasteiger partial charge in [-0.1, -0.05) is 36.2 Å². The Morgan fingerprint density at radius 3 is 2.71 bits per heavy atom. The highest BCUT2D eigenvalue weighted by Crippen LogP contribution is 2.57. The van der Waals surface area contributed by atoms with Crippen molar-refractivity contribution in [2.45, 2.75) is 32.1 Å². The fourth-order valence-electron chi connectivity index (χ4n) is 4.05. The minimum atomic E-state index is 0.119. The van der Waals surface area contributed by atoms with Crippen LogP contribution in [0.15, 0.2) is 24.3 Å². The topological polar surface area (TPSA) is 20.2 Å². The van der Waals surface area contributed by atoms with Crippen molar-refractivity contribution in [3.63, 3.8) is 0 Å². The van der Waals surface area contributed by atoms with Crippen molar-refractivity contribution in [3.8, 4) is 0 Å². The molecule has 1 aromatic rings. The lowest BCUT2D eigenvalue weighted by atomic mass is 9.70. The molecule has 0 saturated heterocycles. The van der Waals surface area contributed by atoms with E-state index in [1.54, 1.807) is 0 Å². The van der Waals surface area contributed by atoms with Crippen LogP contribution in [0, 0.1) is 17.3 Å². The second-order valence-corrected chi connectivity index (χ2v) is 6.28. The number of halogens is 1. The van der Waals surface area contributed by atoms with Gasteiger partial charge in [0.25, 0.3) is 0 Å². The summed E-state index contributed by atoms with van der Waals surface area (Å²) in [5.41, 5.74) is 1.32. The molecule has 3 rings (SSSR count). The van der Waals surface area contributed by atoms with E-state index in [9.17, 15) is 5.11 Å². The zero-order chi connectivity index (χ0) is 11.9. The van der Waals surface area contributed by atoms with E-state index in [0.29, 0.717) is 12.5 Å². The molecule has 0 aromatic heterocycles. The maximum absolute atomic E-state index is 9.85. The third-order valence-electron chi connectivity index (χ3n) is 4.92. The molecule has 2 aliphatic carbocycles. The van der Waals surface area contributed by atoms with Crippen LogP contribution < -0.4 is 0 Å². The van der Waals surface area contributed by atoms with Crippen molar-refractivity contribution in [2.24, 2.45) is 17.3 Å². The maximum Gasteiger partial charge on any atom is 0.0493 e. The Hall–Kier alpha value is -0.530. The number of fused-ring (bicyclic) bond motifs is 2. The second kappa shape index (κ2) is 4.29. The Bertz CT molecular complexity index is 417. The van der Waals surface area contributed by atoms with Crippen molar-refractivity contribution in [2.75, 3.05) is 6.61 Å². The standard InChI is InChI=1S/C15H19ClO/c16-14-4-2-1-3-12(14)9-15(10-17)8-11-5-6-13(15)7-11/h1-4,11,13,17H,5-10H2. The number of aliphatic hydroxyl groups excluding tert-OH is 1. The van der Waals surface area contributed by atoms with Gasteiger partial charge >= 0.3 is 0 Å². The summed E-state index contributed by atoms with van der Waals surface area (Å²) < 4.78 is 0. The molecule has 1 N–H and O–H groups in total. The van der Waals surface area contributed by atoms with Gasteiger partial charge in [0.2, 0.25) is 0 Å². The van der Waals surface area contributed by atoms with E-state index in [0.717, 1.165) is 17.4 Å². The molecule has 1 nitrogen and oxygen atoms in total. The first-order chi connectivity index (χ1) is 8.23. The van der Waals surface area contributed by atoms with Crippen molar-refractivity contribution in [3.05, 3.63) is 34.9 Å². The van der Waals surface area contributed by atoms with Crippen molar-refractivity contribution < 1.29 is 5.11 Å². The maximum atomic E-state index is 9.85. The molecular weight excluding hydrogens is 232 g/mol. The molecule has 0 aliphatic heterocycles. The molecule has 2 saturated carbocycles. The first-order valence-corrected chi connectivity index (χ1v) is 6.95. The van der Waals surface area contributed by atoms with E-state index < -0.39 is 0 Å². The quantitative estimate of drug-likeness (QED) is 0.868. The number of hydrogen-bond donors (Lipinski definition) is 1. The van der Waals surface area contributed by atoms with Gasteiger partial charge in [0, 0.05) is 17.0 Å². The van der Waals surface area contributed by atoms with Gasteiger partial charge in [0.15, 0.2) is 0 Å². The smallest absolute Gasteiger partial charge is 0.0493 e. The molecule has 3 unspecified atom stereocenters. The van der Waals surface area contributed by atoms with Gasteiger partial charge in [0.05, 0.1) is 0 Å². The van der Waals surface area contributed by atoms with Crippen LogP contribution in [0.5, 0.6) is 0 Å². The first-order valence-electron chi connectivity index (χ1n) is 6.58. The fraction of sp³-hybridized carbons (Fsp3) is 0.600. The van der Waals surface area contributed by atoms with Gasteiger partial charge in [0.1, 0.15) is 0 Å². The summed E-state index contributed by atoms with van der Waals surface area (Å²) in [5.74, 6) is 1.57. The summed E-state index contributed by atoms with van der Waals surface area (Å²) in [6, 6.07) is 8.07. The molecule has 3 atom stereocenters. The van der Waals surface area contributed by atoms with Gasteiger partial charge in [-0.2, -0.15) is 0 Å². The molecule has 17 heavy (non-hydrogen) atoms. The number of benzene rings is 1. The zero-order valence-corrected chi connectivity index (χ0v) is 10.8. The summed E-state index contributed by atoms with van der Waals surface area (Å²) in [5, 5.41) is 10.7. The average molecular weight is 251 g/mol. The molecule has 0 amide bonds. The summed E-state index contributed by atoms with van der Waals surface area (Å²) >= 11 is 6.24. The molecule has 2 bridgehead atoms. The van der Waals surface area contributed by atoms with Crippen LogP contribution in [0.4, 0.5) is 0 Å². The Balaban J connectivity index is 1.86. The lowest BCUT2D eigenvalue weighted by molar-refractivity contribution is 0.0652. The van der Waals surface area contributed by atoms with Gasteiger partial charge in [-0.05, 0) is 49.1 Å². The van der Waals surface area contributed by atoms with Crippen LogP contribution in [0.3, 0.4) is 0 Å². The molecule has 0 spiro atoms. The molecule has 2 fully saturated rings. The summed E-state index contributed by atoms with van der Waals surface area (Å²) in [6.07, 6.45) is 6.14. The van der Waals surface area contributed by atoms with E-state index in [4.69, 9.17) is 11.6 Å². The molecule has 92 valence electrons. The minimum absolute atomic E-state index is 0.119. The van der Waals surface area contributed by atoms with Crippen LogP contribution in [0.25, 0.3) is 0 Å². The first kappa shape index (κ1) is 11.6. The third kappa shape index (κ3) is 1.90. The Labute approximate surface area is 108 Å². The highest BCUT2D eigenvalue weighted by Gasteiger charge is 2.50. The number of rotatable bonds is 3. The minimum Gasteiger partial charge on any atom is -0.396 e. The largest absolute Gasteiger partial charge is 0.396 e. The lowest BCUT2D eigenvalue weighted by Gasteiger charge is -2.36. The molecule has 1 aromatic carbocycles. The van der Waals surface area contributed by atoms with E-state index in [1.807, 2.05) is 18.2 Å². The van der Waals surface area contributed by atoms with E-state index >= 15 is 0 Å². The van der Waals surface area contributed by atoms with Crippen molar-refractivity contribution in [1.29, 1.82) is 0 Å². The molecule has 0 radical (unpaired) electrons. The molecule has 2 heteroatoms. The number of aliphatic hydroxyl groups is 1. The van der Waals surface area contributed by atoms with Crippen molar-refractivity contribution in [1.82, 2.24) is 0 Å². The summed E-state index contributed by atoms with van der Waals surface area (Å²) in [6.45, 7) is 0.319. The van der Waals surface area contributed by atoms with E-state index in [2.05, 4.69) is 6.07 Å². The van der Waals surface area contributed by atoms with Crippen LogP contribution in [0.1, 0.15) is 31.2 Å². The summed E-state index contributed by atoms with van der Waals surface area (Å²) in [4.78, 5) is 0. The Morgan fingerprint density at radius 1 is 1.29 bits per heavy atom. The lowest BCUT2D eigenvalue weighted by Crippen LogP contribution is -2.34. The monoisotopic (exact) mass is 250 g/mol. The SMILES string of the molecule is OCC1(Cc2ccccc2Cl)CC2CCC1C2. The zero-order valence-electron chi connectivity index (χ0n) is 10.0. The third-order valence-corrected chi connectivity index (χ3v) is 5.29. The van der Waals surface area contributed by atoms with Crippen LogP contribution in [-0.2, 0) is 6.42 Å². The van der Waals surface area contributed by atoms with E-state index in [-0.39, 0.29) is 5.41 Å².